The van der Waals surface area contributed by atoms with E-state index in [1.54, 1.807) is 0 Å². The number of hydrogen-bond acceptors (Lipinski definition) is 6. The number of carbonyl (C=O) groups excluding carboxylic acids is 1. The predicted molar refractivity (Wildman–Crippen MR) is 284 cm³/mol. The van der Waals surface area contributed by atoms with Crippen molar-refractivity contribution >= 4 is 13.7 Å². The van der Waals surface area contributed by atoms with Crippen molar-refractivity contribution < 1.29 is 32.9 Å². The molecular weight excluding hydrogens is 840 g/mol. The van der Waals surface area contributed by atoms with Crippen molar-refractivity contribution in [2.45, 2.75) is 296 Å². The third-order valence-corrected chi connectivity index (χ3v) is 14.2. The van der Waals surface area contributed by atoms with Gasteiger partial charge < -0.3 is 28.8 Å². The van der Waals surface area contributed by atoms with Crippen LogP contribution in [0.3, 0.4) is 0 Å². The third-order valence-electron chi connectivity index (χ3n) is 13.2. The van der Waals surface area contributed by atoms with Crippen molar-refractivity contribution in [1.82, 2.24) is 5.32 Å². The van der Waals surface area contributed by atoms with Gasteiger partial charge in [0, 0.05) is 6.42 Å². The summed E-state index contributed by atoms with van der Waals surface area (Å²) in [6.45, 7) is 4.75. The monoisotopic (exact) mass is 953 g/mol. The number of likely N-dealkylation sites (N-methyl/N-ethyl adjacent to an activating group) is 1. The zero-order chi connectivity index (χ0) is 48.5. The first kappa shape index (κ1) is 65.0. The summed E-state index contributed by atoms with van der Waals surface area (Å²) in [7, 11) is 1.31. The average Bonchev–Trinajstić information content (AvgIpc) is 3.28. The fourth-order valence-corrected chi connectivity index (χ4v) is 9.38. The van der Waals surface area contributed by atoms with Crippen LogP contribution in [0.2, 0.25) is 0 Å². The van der Waals surface area contributed by atoms with Gasteiger partial charge in [-0.1, -0.05) is 256 Å². The van der Waals surface area contributed by atoms with Crippen LogP contribution in [-0.4, -0.2) is 68.5 Å². The number of aliphatic hydroxyl groups excluding tert-OH is 1. The molecular formula is C57H113N2O6P. The molecule has 0 bridgehead atoms. The number of rotatable bonds is 53. The highest BCUT2D eigenvalue weighted by molar-refractivity contribution is 7.45. The molecule has 0 aliphatic carbocycles. The van der Waals surface area contributed by atoms with Crippen LogP contribution in [0.1, 0.15) is 284 Å². The lowest BCUT2D eigenvalue weighted by Crippen LogP contribution is -2.46. The SMILES string of the molecule is CCCCCCCCCCC/C=C\C/C=C\CCCCCCCCCCCCCCCC(=O)NC(COP(=O)([O-])OCC[N+](C)(C)C)C(O)CCCCCCCCCCCCCCCCC. The second-order valence-electron chi connectivity index (χ2n) is 21.0. The van der Waals surface area contributed by atoms with Gasteiger partial charge in [-0.25, -0.2) is 0 Å². The van der Waals surface area contributed by atoms with Crippen LogP contribution in [0, 0.1) is 0 Å². The molecule has 0 rings (SSSR count). The van der Waals surface area contributed by atoms with Crippen molar-refractivity contribution in [1.29, 1.82) is 0 Å². The molecule has 0 spiro atoms. The average molecular weight is 954 g/mol. The molecule has 3 atom stereocenters. The van der Waals surface area contributed by atoms with E-state index in [9.17, 15) is 19.4 Å². The Labute approximate surface area is 411 Å². The minimum atomic E-state index is -4.57. The Kier molecular flexibility index (Phi) is 48.2. The Morgan fingerprint density at radius 3 is 1.26 bits per heavy atom. The quantitative estimate of drug-likeness (QED) is 0.0272. The molecule has 0 aliphatic heterocycles. The van der Waals surface area contributed by atoms with E-state index in [2.05, 4.69) is 43.5 Å². The Morgan fingerprint density at radius 1 is 0.530 bits per heavy atom. The van der Waals surface area contributed by atoms with Gasteiger partial charge in [0.05, 0.1) is 39.9 Å². The number of nitrogens with one attached hydrogen (secondary N) is 1. The second kappa shape index (κ2) is 49.0. The fraction of sp³-hybridized carbons (Fsp3) is 0.912. The van der Waals surface area contributed by atoms with Gasteiger partial charge in [-0.15, -0.1) is 0 Å². The summed E-state index contributed by atoms with van der Waals surface area (Å²) in [5.74, 6) is -0.162. The number of nitrogens with zero attached hydrogens (tertiary/aromatic N) is 1. The lowest BCUT2D eigenvalue weighted by molar-refractivity contribution is -0.870. The number of quaternary nitrogens is 1. The third kappa shape index (κ3) is 50.8. The van der Waals surface area contributed by atoms with Crippen molar-refractivity contribution in [2.24, 2.45) is 0 Å². The number of hydrogen-bond donors (Lipinski definition) is 2. The van der Waals surface area contributed by atoms with Crippen LogP contribution in [0.25, 0.3) is 0 Å². The maximum atomic E-state index is 13.0. The van der Waals surface area contributed by atoms with Crippen LogP contribution in [-0.2, 0) is 18.4 Å². The lowest BCUT2D eigenvalue weighted by atomic mass is 10.0. The molecule has 392 valence electrons. The Hall–Kier alpha value is -1.02. The van der Waals surface area contributed by atoms with E-state index in [1.807, 2.05) is 21.1 Å². The van der Waals surface area contributed by atoms with Gasteiger partial charge in [-0.3, -0.25) is 9.36 Å². The number of aliphatic hydroxyl groups is 1. The van der Waals surface area contributed by atoms with Crippen molar-refractivity contribution in [3.05, 3.63) is 24.3 Å². The largest absolute Gasteiger partial charge is 0.756 e. The Bertz CT molecular complexity index is 1130. The van der Waals surface area contributed by atoms with Gasteiger partial charge in [0.15, 0.2) is 0 Å². The van der Waals surface area contributed by atoms with Gasteiger partial charge >= 0.3 is 0 Å². The van der Waals surface area contributed by atoms with Crippen molar-refractivity contribution in [3.63, 3.8) is 0 Å². The first-order valence-corrected chi connectivity index (χ1v) is 30.1. The van der Waals surface area contributed by atoms with Crippen LogP contribution in [0.5, 0.6) is 0 Å². The molecule has 0 aromatic rings. The predicted octanol–water partition coefficient (Wildman–Crippen LogP) is 16.6. The Balaban J connectivity index is 4.08. The van der Waals surface area contributed by atoms with E-state index in [-0.39, 0.29) is 19.1 Å². The maximum Gasteiger partial charge on any atom is 0.268 e. The first-order chi connectivity index (χ1) is 32.0. The van der Waals surface area contributed by atoms with Crippen molar-refractivity contribution in [3.8, 4) is 0 Å². The summed E-state index contributed by atoms with van der Waals surface area (Å²) in [4.78, 5) is 25.5. The van der Waals surface area contributed by atoms with Gasteiger partial charge in [0.2, 0.25) is 5.91 Å². The zero-order valence-electron chi connectivity index (χ0n) is 44.7. The molecule has 0 fully saturated rings. The summed E-state index contributed by atoms with van der Waals surface area (Å²) in [6, 6.07) is -0.799. The molecule has 0 saturated carbocycles. The maximum absolute atomic E-state index is 13.0. The number of amides is 1. The number of carbonyl (C=O) groups is 1. The number of phosphoric ester groups is 1. The second-order valence-corrected chi connectivity index (χ2v) is 22.4. The number of phosphoric acid groups is 1. The number of unbranched alkanes of at least 4 members (excludes halogenated alkanes) is 36. The minimum absolute atomic E-state index is 0.0135. The van der Waals surface area contributed by atoms with E-state index in [0.29, 0.717) is 23.9 Å². The molecule has 0 heterocycles. The molecule has 3 unspecified atom stereocenters. The smallest absolute Gasteiger partial charge is 0.268 e. The summed E-state index contributed by atoms with van der Waals surface area (Å²) in [6.07, 6.45) is 60.7. The van der Waals surface area contributed by atoms with Gasteiger partial charge in [-0.05, 0) is 44.9 Å². The highest BCUT2D eigenvalue weighted by atomic mass is 31.2. The molecule has 0 aromatic carbocycles. The molecule has 0 radical (unpaired) electrons. The van der Waals surface area contributed by atoms with E-state index < -0.39 is 20.0 Å². The van der Waals surface area contributed by atoms with Gasteiger partial charge in [0.25, 0.3) is 7.82 Å². The van der Waals surface area contributed by atoms with E-state index in [1.165, 1.54) is 212 Å². The fourth-order valence-electron chi connectivity index (χ4n) is 8.66. The zero-order valence-corrected chi connectivity index (χ0v) is 45.6. The van der Waals surface area contributed by atoms with E-state index in [4.69, 9.17) is 9.05 Å². The highest BCUT2D eigenvalue weighted by Crippen LogP contribution is 2.38. The topological polar surface area (TPSA) is 108 Å². The molecule has 2 N–H and O–H groups in total. The van der Waals surface area contributed by atoms with Crippen molar-refractivity contribution in [2.75, 3.05) is 40.9 Å². The summed E-state index contributed by atoms with van der Waals surface area (Å²) < 4.78 is 23.4. The van der Waals surface area contributed by atoms with Crippen LogP contribution < -0.4 is 10.2 Å². The van der Waals surface area contributed by atoms with Gasteiger partial charge in [-0.2, -0.15) is 0 Å². The number of allylic oxidation sites excluding steroid dienone is 4. The molecule has 66 heavy (non-hydrogen) atoms. The van der Waals surface area contributed by atoms with Crippen LogP contribution in [0.15, 0.2) is 24.3 Å². The molecule has 0 aromatic heterocycles. The normalized spacial score (nSPS) is 14.1. The van der Waals surface area contributed by atoms with Crippen LogP contribution in [0.4, 0.5) is 0 Å². The molecule has 0 aliphatic rings. The summed E-state index contributed by atoms with van der Waals surface area (Å²) in [5.41, 5.74) is 0. The van der Waals surface area contributed by atoms with E-state index >= 15 is 0 Å². The first-order valence-electron chi connectivity index (χ1n) is 28.7. The molecule has 9 heteroatoms. The molecule has 1 amide bonds. The standard InChI is InChI=1S/C57H113N2O6P/c1-6-8-10-12-14-16-18-20-22-23-24-25-26-27-28-29-30-31-32-33-34-35-37-39-41-43-45-47-49-51-57(61)58-55(54-65-66(62,63)64-53-52-59(3,4)5)56(60)50-48-46-44-42-40-38-36-21-19-17-15-13-11-9-7-2/h24-25,27-28,55-56,60H,6-23,26,29-54H2,1-5H3,(H-,58,61,62,63)/b25-24-,28-27-. The summed E-state index contributed by atoms with van der Waals surface area (Å²) in [5, 5.41) is 14.0. The Morgan fingerprint density at radius 2 is 0.879 bits per heavy atom. The lowest BCUT2D eigenvalue weighted by Gasteiger charge is -2.30. The van der Waals surface area contributed by atoms with Crippen LogP contribution >= 0.6 is 7.82 Å². The van der Waals surface area contributed by atoms with E-state index in [0.717, 1.165) is 44.9 Å². The minimum Gasteiger partial charge on any atom is -0.756 e. The molecule has 0 saturated heterocycles. The summed E-state index contributed by atoms with van der Waals surface area (Å²) >= 11 is 0. The highest BCUT2D eigenvalue weighted by Gasteiger charge is 2.24. The van der Waals surface area contributed by atoms with Gasteiger partial charge in [0.1, 0.15) is 13.2 Å². The molecule has 8 nitrogen and oxygen atoms in total.